The van der Waals surface area contributed by atoms with Gasteiger partial charge >= 0.3 is 11.9 Å². The topological polar surface area (TPSA) is 52.6 Å². The molecule has 3 aliphatic rings. The van der Waals surface area contributed by atoms with Crippen LogP contribution in [-0.4, -0.2) is 24.1 Å². The fourth-order valence-corrected chi connectivity index (χ4v) is 5.02. The largest absolute Gasteiger partial charge is 0.462 e. The molecule has 0 radical (unpaired) electrons. The summed E-state index contributed by atoms with van der Waals surface area (Å²) in [6.45, 7) is 10.4. The molecule has 0 saturated carbocycles. The predicted molar refractivity (Wildman–Crippen MR) is 114 cm³/mol. The molecule has 3 rings (SSSR count). The van der Waals surface area contributed by atoms with E-state index in [0.29, 0.717) is 24.2 Å². The van der Waals surface area contributed by atoms with Crippen molar-refractivity contribution in [1.82, 2.24) is 0 Å². The molecule has 6 atom stereocenters. The SMILES string of the molecule is CCC(C)(C)C(=O)O[C@H]1C[C@@H](C)C=C2C=C[C@H](C)[C@H](CC[C@H]3CCCC(=O)O3)C21. The van der Waals surface area contributed by atoms with Crippen molar-refractivity contribution < 1.29 is 19.1 Å². The first-order valence-corrected chi connectivity index (χ1v) is 11.5. The average Bonchev–Trinajstić information content (AvgIpc) is 2.67. The lowest BCUT2D eigenvalue weighted by atomic mass is 9.65. The molecule has 1 heterocycles. The minimum absolute atomic E-state index is 0.0457. The summed E-state index contributed by atoms with van der Waals surface area (Å²) >= 11 is 0. The fourth-order valence-electron chi connectivity index (χ4n) is 5.02. The van der Waals surface area contributed by atoms with Crippen LogP contribution in [0.15, 0.2) is 23.8 Å². The summed E-state index contributed by atoms with van der Waals surface area (Å²) in [5.41, 5.74) is 0.867. The molecular weight excluding hydrogens is 364 g/mol. The molecule has 1 saturated heterocycles. The van der Waals surface area contributed by atoms with Gasteiger partial charge in [0.25, 0.3) is 0 Å². The van der Waals surface area contributed by atoms with E-state index in [9.17, 15) is 9.59 Å². The quantitative estimate of drug-likeness (QED) is 0.542. The van der Waals surface area contributed by atoms with Gasteiger partial charge < -0.3 is 9.47 Å². The fraction of sp³-hybridized carbons (Fsp3) is 0.760. The first-order valence-electron chi connectivity index (χ1n) is 11.5. The maximum absolute atomic E-state index is 12.9. The molecule has 4 nitrogen and oxygen atoms in total. The number of hydrogen-bond donors (Lipinski definition) is 0. The van der Waals surface area contributed by atoms with E-state index in [1.54, 1.807) is 0 Å². The van der Waals surface area contributed by atoms with Gasteiger partial charge in [-0.15, -0.1) is 0 Å². The second kappa shape index (κ2) is 9.06. The van der Waals surface area contributed by atoms with Crippen molar-refractivity contribution in [1.29, 1.82) is 0 Å². The van der Waals surface area contributed by atoms with Gasteiger partial charge in [-0.1, -0.05) is 39.0 Å². The zero-order valence-corrected chi connectivity index (χ0v) is 18.8. The van der Waals surface area contributed by atoms with E-state index in [-0.39, 0.29) is 30.1 Å². The third-order valence-corrected chi connectivity index (χ3v) is 7.32. The van der Waals surface area contributed by atoms with Gasteiger partial charge in [-0.2, -0.15) is 0 Å². The van der Waals surface area contributed by atoms with Crippen LogP contribution in [0.2, 0.25) is 0 Å². The molecule has 0 aromatic rings. The summed E-state index contributed by atoms with van der Waals surface area (Å²) < 4.78 is 11.7. The Balaban J connectivity index is 1.76. The molecule has 0 N–H and O–H groups in total. The van der Waals surface area contributed by atoms with Crippen LogP contribution in [0.4, 0.5) is 0 Å². The van der Waals surface area contributed by atoms with Gasteiger partial charge in [-0.25, -0.2) is 0 Å². The van der Waals surface area contributed by atoms with Crippen molar-refractivity contribution in [3.63, 3.8) is 0 Å². The van der Waals surface area contributed by atoms with Gasteiger partial charge in [0.1, 0.15) is 12.2 Å². The van der Waals surface area contributed by atoms with E-state index in [1.165, 1.54) is 5.57 Å². The van der Waals surface area contributed by atoms with Gasteiger partial charge in [0.2, 0.25) is 0 Å². The number of fused-ring (bicyclic) bond motifs is 1. The summed E-state index contributed by atoms with van der Waals surface area (Å²) in [7, 11) is 0. The summed E-state index contributed by atoms with van der Waals surface area (Å²) in [6, 6.07) is 0. The van der Waals surface area contributed by atoms with Crippen molar-refractivity contribution >= 4 is 11.9 Å². The number of cyclic esters (lactones) is 1. The zero-order valence-electron chi connectivity index (χ0n) is 18.8. The first-order chi connectivity index (χ1) is 13.7. The highest BCUT2D eigenvalue weighted by Gasteiger charge is 2.43. The van der Waals surface area contributed by atoms with Gasteiger partial charge in [0, 0.05) is 12.3 Å². The second-order valence-corrected chi connectivity index (χ2v) is 10.1. The molecule has 1 aliphatic heterocycles. The minimum atomic E-state index is -0.452. The summed E-state index contributed by atoms with van der Waals surface area (Å²) in [5, 5.41) is 0. The number of esters is 2. The molecule has 0 amide bonds. The third-order valence-electron chi connectivity index (χ3n) is 7.32. The van der Waals surface area contributed by atoms with Crippen molar-refractivity contribution in [3.8, 4) is 0 Å². The van der Waals surface area contributed by atoms with Gasteiger partial charge in [-0.3, -0.25) is 9.59 Å². The van der Waals surface area contributed by atoms with Crippen molar-refractivity contribution in [3.05, 3.63) is 23.8 Å². The monoisotopic (exact) mass is 402 g/mol. The molecule has 0 spiro atoms. The van der Waals surface area contributed by atoms with Crippen LogP contribution in [0.25, 0.3) is 0 Å². The lowest BCUT2D eigenvalue weighted by Gasteiger charge is -2.44. The Morgan fingerprint density at radius 2 is 2.03 bits per heavy atom. The molecule has 0 bridgehead atoms. The number of rotatable bonds is 6. The van der Waals surface area contributed by atoms with Gasteiger partial charge in [0.15, 0.2) is 0 Å². The van der Waals surface area contributed by atoms with E-state index in [2.05, 4.69) is 32.1 Å². The molecule has 2 aliphatic carbocycles. The van der Waals surface area contributed by atoms with Crippen molar-refractivity contribution in [2.24, 2.45) is 29.1 Å². The minimum Gasteiger partial charge on any atom is -0.462 e. The summed E-state index contributed by atoms with van der Waals surface area (Å²) in [4.78, 5) is 24.5. The molecular formula is C25H38O4. The van der Waals surface area contributed by atoms with Crippen molar-refractivity contribution in [2.45, 2.75) is 91.8 Å². The molecule has 1 fully saturated rings. The highest BCUT2D eigenvalue weighted by atomic mass is 16.5. The van der Waals surface area contributed by atoms with Crippen LogP contribution in [-0.2, 0) is 19.1 Å². The number of hydrogen-bond acceptors (Lipinski definition) is 4. The second-order valence-electron chi connectivity index (χ2n) is 10.1. The summed E-state index contributed by atoms with van der Waals surface area (Å²) in [5.74, 6) is 1.33. The molecule has 0 aromatic heterocycles. The Bertz CT molecular complexity index is 674. The normalized spacial score (nSPS) is 34.8. The van der Waals surface area contributed by atoms with Crippen LogP contribution in [0.3, 0.4) is 0 Å². The van der Waals surface area contributed by atoms with E-state index < -0.39 is 5.41 Å². The molecule has 1 unspecified atom stereocenters. The van der Waals surface area contributed by atoms with E-state index in [1.807, 2.05) is 20.8 Å². The van der Waals surface area contributed by atoms with Crippen LogP contribution < -0.4 is 0 Å². The van der Waals surface area contributed by atoms with Crippen LogP contribution in [0, 0.1) is 29.1 Å². The highest BCUT2D eigenvalue weighted by Crippen LogP contribution is 2.45. The Morgan fingerprint density at radius 3 is 2.72 bits per heavy atom. The Labute approximate surface area is 176 Å². The summed E-state index contributed by atoms with van der Waals surface area (Å²) in [6.07, 6.45) is 12.9. The lowest BCUT2D eigenvalue weighted by Crippen LogP contribution is -2.43. The molecule has 29 heavy (non-hydrogen) atoms. The Hall–Kier alpha value is -1.58. The molecule has 4 heteroatoms. The van der Waals surface area contributed by atoms with Gasteiger partial charge in [-0.05, 0) is 75.7 Å². The molecule has 0 aromatic carbocycles. The first kappa shape index (κ1) is 22.1. The van der Waals surface area contributed by atoms with Crippen LogP contribution >= 0.6 is 0 Å². The Kier molecular flexibility index (Phi) is 6.90. The number of carbonyl (C=O) groups excluding carboxylic acids is 2. The van der Waals surface area contributed by atoms with E-state index >= 15 is 0 Å². The third kappa shape index (κ3) is 5.13. The maximum atomic E-state index is 12.9. The maximum Gasteiger partial charge on any atom is 0.311 e. The van der Waals surface area contributed by atoms with Crippen LogP contribution in [0.1, 0.15) is 79.6 Å². The number of ether oxygens (including phenoxy) is 2. The number of carbonyl (C=O) groups is 2. The predicted octanol–water partition coefficient (Wildman–Crippen LogP) is 5.61. The average molecular weight is 403 g/mol. The zero-order chi connectivity index (χ0) is 21.2. The van der Waals surface area contributed by atoms with E-state index in [4.69, 9.17) is 9.47 Å². The van der Waals surface area contributed by atoms with Crippen molar-refractivity contribution in [2.75, 3.05) is 0 Å². The van der Waals surface area contributed by atoms with E-state index in [0.717, 1.165) is 38.5 Å². The standard InChI is InChI=1S/C25H38O4/c1-6-25(4,5)24(27)29-21-15-16(2)14-18-11-10-17(3)20(23(18)21)13-12-19-8-7-9-22(26)28-19/h10-11,14,16-17,19-21,23H,6-9,12-13,15H2,1-5H3/t16-,17-,19+,20-,21-,23?/m0/s1. The highest BCUT2D eigenvalue weighted by molar-refractivity contribution is 5.76. The lowest BCUT2D eigenvalue weighted by molar-refractivity contribution is -0.165. The Morgan fingerprint density at radius 1 is 1.28 bits per heavy atom. The number of allylic oxidation sites excluding steroid dienone is 3. The van der Waals surface area contributed by atoms with Gasteiger partial charge in [0.05, 0.1) is 5.41 Å². The smallest absolute Gasteiger partial charge is 0.311 e. The molecule has 162 valence electrons. The van der Waals surface area contributed by atoms with Crippen LogP contribution in [0.5, 0.6) is 0 Å².